The number of hydrogen-bond acceptors (Lipinski definition) is 3. The Hall–Kier alpha value is -3.11. The van der Waals surface area contributed by atoms with Crippen molar-refractivity contribution in [3.05, 3.63) is 54.1 Å². The Labute approximate surface area is 148 Å². The monoisotopic (exact) mass is 331 g/mol. The smallest absolute Gasteiger partial charge is 0.227 e. The summed E-state index contributed by atoms with van der Waals surface area (Å²) in [4.78, 5) is 14.0. The molecule has 0 heterocycles. The second kappa shape index (κ2) is 8.66. The lowest BCUT2D eigenvalue weighted by Crippen LogP contribution is -2.31. The molecular weight excluding hydrogens is 310 g/mol. The Balaban J connectivity index is 2.32. The number of nitriles is 2. The van der Waals surface area contributed by atoms with E-state index in [2.05, 4.69) is 26.0 Å². The Bertz CT molecular complexity index is 828. The number of benzene rings is 2. The fourth-order valence-electron chi connectivity index (χ4n) is 2.56. The molecule has 0 N–H and O–H groups in total. The van der Waals surface area contributed by atoms with E-state index >= 15 is 0 Å². The van der Waals surface area contributed by atoms with Crippen LogP contribution in [0.2, 0.25) is 0 Å². The SMILES string of the molecule is CC(C)CCC(=O)N(CC#N)c1cccc(-c2cccc(C#N)c2)c1. The van der Waals surface area contributed by atoms with Gasteiger partial charge < -0.3 is 0 Å². The summed E-state index contributed by atoms with van der Waals surface area (Å²) in [7, 11) is 0. The van der Waals surface area contributed by atoms with Crippen LogP contribution in [0.1, 0.15) is 32.3 Å². The van der Waals surface area contributed by atoms with Crippen LogP contribution in [0.25, 0.3) is 11.1 Å². The molecule has 0 bridgehead atoms. The first-order valence-electron chi connectivity index (χ1n) is 8.33. The van der Waals surface area contributed by atoms with E-state index in [4.69, 9.17) is 10.5 Å². The number of nitrogens with zero attached hydrogens (tertiary/aromatic N) is 3. The predicted octanol–water partition coefficient (Wildman–Crippen LogP) is 4.52. The van der Waals surface area contributed by atoms with Gasteiger partial charge in [-0.3, -0.25) is 9.69 Å². The van der Waals surface area contributed by atoms with E-state index in [0.717, 1.165) is 17.5 Å². The Kier molecular flexibility index (Phi) is 6.32. The van der Waals surface area contributed by atoms with Gasteiger partial charge in [0.25, 0.3) is 0 Å². The second-order valence-electron chi connectivity index (χ2n) is 6.31. The summed E-state index contributed by atoms with van der Waals surface area (Å²) in [5.41, 5.74) is 3.11. The first-order valence-corrected chi connectivity index (χ1v) is 8.33. The first-order chi connectivity index (χ1) is 12.0. The summed E-state index contributed by atoms with van der Waals surface area (Å²) in [5.74, 6) is 0.395. The van der Waals surface area contributed by atoms with Crippen LogP contribution >= 0.6 is 0 Å². The van der Waals surface area contributed by atoms with E-state index in [9.17, 15) is 4.79 Å². The number of anilines is 1. The Morgan fingerprint density at radius 2 is 1.76 bits per heavy atom. The van der Waals surface area contributed by atoms with Crippen LogP contribution in [0, 0.1) is 28.6 Å². The number of rotatable bonds is 6. The molecule has 0 atom stereocenters. The fraction of sp³-hybridized carbons (Fsp3) is 0.286. The highest BCUT2D eigenvalue weighted by Crippen LogP contribution is 2.26. The molecule has 0 aromatic heterocycles. The Morgan fingerprint density at radius 1 is 1.08 bits per heavy atom. The Morgan fingerprint density at radius 3 is 2.40 bits per heavy atom. The summed E-state index contributed by atoms with van der Waals surface area (Å²) in [6, 6.07) is 19.1. The van der Waals surface area contributed by atoms with E-state index in [-0.39, 0.29) is 12.5 Å². The first kappa shape index (κ1) is 18.2. The van der Waals surface area contributed by atoms with E-state index in [1.807, 2.05) is 42.5 Å². The van der Waals surface area contributed by atoms with Crippen LogP contribution in [0.15, 0.2) is 48.5 Å². The minimum Gasteiger partial charge on any atom is -0.299 e. The van der Waals surface area contributed by atoms with Crippen molar-refractivity contribution in [3.8, 4) is 23.3 Å². The molecule has 0 aliphatic heterocycles. The van der Waals surface area contributed by atoms with Crippen molar-refractivity contribution in [2.45, 2.75) is 26.7 Å². The molecular formula is C21H21N3O. The maximum absolute atomic E-state index is 12.5. The molecule has 4 heteroatoms. The van der Waals surface area contributed by atoms with Crippen molar-refractivity contribution >= 4 is 11.6 Å². The van der Waals surface area contributed by atoms with Gasteiger partial charge in [0.2, 0.25) is 5.91 Å². The lowest BCUT2D eigenvalue weighted by molar-refractivity contribution is -0.118. The minimum atomic E-state index is -0.0434. The minimum absolute atomic E-state index is 0.0264. The van der Waals surface area contributed by atoms with E-state index in [1.165, 1.54) is 4.90 Å². The third-order valence-electron chi connectivity index (χ3n) is 3.95. The van der Waals surface area contributed by atoms with Crippen molar-refractivity contribution in [2.24, 2.45) is 5.92 Å². The molecule has 0 radical (unpaired) electrons. The van der Waals surface area contributed by atoms with Crippen molar-refractivity contribution in [1.82, 2.24) is 0 Å². The summed E-state index contributed by atoms with van der Waals surface area (Å²) < 4.78 is 0. The standard InChI is InChI=1S/C21H21N3O/c1-16(2)9-10-21(25)24(12-11-22)20-8-4-7-19(14-20)18-6-3-5-17(13-18)15-23/h3-8,13-14,16H,9-10,12H2,1-2H3. The highest BCUT2D eigenvalue weighted by molar-refractivity contribution is 5.94. The maximum Gasteiger partial charge on any atom is 0.227 e. The predicted molar refractivity (Wildman–Crippen MR) is 98.6 cm³/mol. The molecule has 0 aliphatic carbocycles. The molecule has 2 aromatic rings. The van der Waals surface area contributed by atoms with Crippen LogP contribution in [0.5, 0.6) is 0 Å². The van der Waals surface area contributed by atoms with Crippen molar-refractivity contribution in [1.29, 1.82) is 10.5 Å². The molecule has 0 spiro atoms. The van der Waals surface area contributed by atoms with E-state index < -0.39 is 0 Å². The van der Waals surface area contributed by atoms with Crippen LogP contribution < -0.4 is 4.90 Å². The summed E-state index contributed by atoms with van der Waals surface area (Å²) in [6.45, 7) is 4.17. The topological polar surface area (TPSA) is 67.9 Å². The van der Waals surface area contributed by atoms with E-state index in [1.54, 1.807) is 6.07 Å². The summed E-state index contributed by atoms with van der Waals surface area (Å²) >= 11 is 0. The van der Waals surface area contributed by atoms with Gasteiger partial charge in [-0.25, -0.2) is 0 Å². The zero-order chi connectivity index (χ0) is 18.2. The number of amides is 1. The molecule has 25 heavy (non-hydrogen) atoms. The summed E-state index contributed by atoms with van der Waals surface area (Å²) in [5, 5.41) is 18.2. The van der Waals surface area contributed by atoms with Crippen LogP contribution in [-0.2, 0) is 4.79 Å². The number of carbonyl (C=O) groups is 1. The van der Waals surface area contributed by atoms with Crippen molar-refractivity contribution in [2.75, 3.05) is 11.4 Å². The normalized spacial score (nSPS) is 10.1. The van der Waals surface area contributed by atoms with Gasteiger partial charge in [0.1, 0.15) is 6.54 Å². The average molecular weight is 331 g/mol. The van der Waals surface area contributed by atoms with Gasteiger partial charge >= 0.3 is 0 Å². The largest absolute Gasteiger partial charge is 0.299 e. The van der Waals surface area contributed by atoms with Crippen molar-refractivity contribution in [3.63, 3.8) is 0 Å². The van der Waals surface area contributed by atoms with Crippen LogP contribution in [-0.4, -0.2) is 12.5 Å². The second-order valence-corrected chi connectivity index (χ2v) is 6.31. The number of carbonyl (C=O) groups excluding carboxylic acids is 1. The number of hydrogen-bond donors (Lipinski definition) is 0. The molecule has 2 rings (SSSR count). The fourth-order valence-corrected chi connectivity index (χ4v) is 2.56. The molecule has 1 amide bonds. The van der Waals surface area contributed by atoms with Gasteiger partial charge in [-0.05, 0) is 47.7 Å². The van der Waals surface area contributed by atoms with Gasteiger partial charge in [-0.2, -0.15) is 10.5 Å². The quantitative estimate of drug-likeness (QED) is 0.731. The van der Waals surface area contributed by atoms with Gasteiger partial charge in [0, 0.05) is 12.1 Å². The molecule has 126 valence electrons. The van der Waals surface area contributed by atoms with Gasteiger partial charge in [-0.1, -0.05) is 38.1 Å². The highest BCUT2D eigenvalue weighted by Gasteiger charge is 2.16. The van der Waals surface area contributed by atoms with Gasteiger partial charge in [0.15, 0.2) is 0 Å². The van der Waals surface area contributed by atoms with Crippen LogP contribution in [0.4, 0.5) is 5.69 Å². The third kappa shape index (κ3) is 4.93. The molecule has 0 saturated carbocycles. The average Bonchev–Trinajstić information content (AvgIpc) is 2.64. The lowest BCUT2D eigenvalue weighted by atomic mass is 10.0. The third-order valence-corrected chi connectivity index (χ3v) is 3.95. The summed E-state index contributed by atoms with van der Waals surface area (Å²) in [6.07, 6.45) is 1.22. The van der Waals surface area contributed by atoms with Gasteiger partial charge in [0.05, 0.1) is 17.7 Å². The molecule has 4 nitrogen and oxygen atoms in total. The zero-order valence-electron chi connectivity index (χ0n) is 14.6. The highest BCUT2D eigenvalue weighted by atomic mass is 16.2. The molecule has 0 unspecified atom stereocenters. The van der Waals surface area contributed by atoms with Gasteiger partial charge in [-0.15, -0.1) is 0 Å². The van der Waals surface area contributed by atoms with Crippen molar-refractivity contribution < 1.29 is 4.79 Å². The molecule has 0 saturated heterocycles. The lowest BCUT2D eigenvalue weighted by Gasteiger charge is -2.21. The molecule has 2 aromatic carbocycles. The molecule has 0 aliphatic rings. The maximum atomic E-state index is 12.5. The zero-order valence-corrected chi connectivity index (χ0v) is 14.6. The molecule has 0 fully saturated rings. The van der Waals surface area contributed by atoms with E-state index in [0.29, 0.717) is 23.6 Å². The van der Waals surface area contributed by atoms with Crippen LogP contribution in [0.3, 0.4) is 0 Å².